The number of rotatable bonds is 12. The summed E-state index contributed by atoms with van der Waals surface area (Å²) in [7, 11) is -1.48. The van der Waals surface area contributed by atoms with Gasteiger partial charge in [0.1, 0.15) is 5.75 Å². The third-order valence-corrected chi connectivity index (χ3v) is 3.90. The van der Waals surface area contributed by atoms with Gasteiger partial charge in [0.2, 0.25) is 10.0 Å². The first-order valence-corrected chi connectivity index (χ1v) is 10.6. The van der Waals surface area contributed by atoms with Gasteiger partial charge in [0.15, 0.2) is 5.96 Å². The van der Waals surface area contributed by atoms with Crippen LogP contribution in [0.25, 0.3) is 0 Å². The molecular weight excluding hydrogens is 356 g/mol. The van der Waals surface area contributed by atoms with Crippen molar-refractivity contribution in [1.29, 1.82) is 0 Å². The number of aliphatic imine (C=N–C) groups is 1. The normalized spacial score (nSPS) is 12.0. The van der Waals surface area contributed by atoms with E-state index in [0.717, 1.165) is 30.7 Å². The highest BCUT2D eigenvalue weighted by molar-refractivity contribution is 7.88. The predicted octanol–water partition coefficient (Wildman–Crippen LogP) is 1.42. The Labute approximate surface area is 156 Å². The topological polar surface area (TPSA) is 101 Å². The summed E-state index contributed by atoms with van der Waals surface area (Å²) in [6, 6.07) is 7.65. The molecule has 1 rings (SSSR count). The lowest BCUT2D eigenvalue weighted by Gasteiger charge is -2.13. The number of hydrogen-bond acceptors (Lipinski definition) is 5. The molecule has 3 N–H and O–H groups in total. The molecule has 0 aliphatic rings. The summed E-state index contributed by atoms with van der Waals surface area (Å²) in [5.74, 6) is 1.42. The Morgan fingerprint density at radius 1 is 1.23 bits per heavy atom. The number of methoxy groups -OCH3 is 1. The fourth-order valence-electron chi connectivity index (χ4n) is 2.03. The van der Waals surface area contributed by atoms with E-state index in [2.05, 4.69) is 20.3 Å². The van der Waals surface area contributed by atoms with E-state index in [-0.39, 0.29) is 0 Å². The number of benzene rings is 1. The molecule has 0 saturated carbocycles. The van der Waals surface area contributed by atoms with E-state index in [0.29, 0.717) is 38.7 Å². The minimum absolute atomic E-state index is 0.368. The Hall–Kier alpha value is -1.84. The van der Waals surface area contributed by atoms with Crippen LogP contribution in [-0.2, 0) is 14.8 Å². The average molecular weight is 387 g/mol. The maximum Gasteiger partial charge on any atom is 0.208 e. The van der Waals surface area contributed by atoms with Crippen LogP contribution in [0.15, 0.2) is 29.3 Å². The van der Waals surface area contributed by atoms with Crippen molar-refractivity contribution in [3.63, 3.8) is 0 Å². The summed E-state index contributed by atoms with van der Waals surface area (Å²) in [4.78, 5) is 4.45. The van der Waals surface area contributed by atoms with Gasteiger partial charge in [0.05, 0.1) is 12.9 Å². The molecule has 1 aromatic rings. The van der Waals surface area contributed by atoms with Crippen LogP contribution in [0.3, 0.4) is 0 Å². The van der Waals surface area contributed by atoms with Gasteiger partial charge in [-0.25, -0.2) is 13.1 Å². The fraction of sp³-hybridized carbons (Fsp3) is 0.588. The summed E-state index contributed by atoms with van der Waals surface area (Å²) in [5, 5.41) is 6.39. The minimum Gasteiger partial charge on any atom is -0.493 e. The van der Waals surface area contributed by atoms with Crippen LogP contribution in [0, 0.1) is 0 Å². The molecule has 0 bridgehead atoms. The lowest BCUT2D eigenvalue weighted by Crippen LogP contribution is -2.31. The molecule has 0 fully saturated rings. The number of anilines is 1. The molecule has 0 aliphatic carbocycles. The standard InChI is InChI=1S/C17H30N4O4S/c1-4-18-17(19-10-6-11-20-26(3,22)23)21-15-8-5-9-16(14-15)25-13-7-12-24-2/h5,8-9,14,20H,4,6-7,10-13H2,1-3H3,(H2,18,19,21). The fourth-order valence-corrected chi connectivity index (χ4v) is 2.54. The molecule has 0 atom stereocenters. The molecule has 0 saturated heterocycles. The van der Waals surface area contributed by atoms with Gasteiger partial charge in [-0.1, -0.05) is 6.07 Å². The van der Waals surface area contributed by atoms with Crippen LogP contribution in [-0.4, -0.2) is 60.6 Å². The van der Waals surface area contributed by atoms with E-state index in [1.807, 2.05) is 31.2 Å². The first-order valence-electron chi connectivity index (χ1n) is 8.66. The summed E-state index contributed by atoms with van der Waals surface area (Å²) in [5.41, 5.74) is 0.864. The zero-order chi connectivity index (χ0) is 19.3. The Morgan fingerprint density at radius 3 is 2.73 bits per heavy atom. The van der Waals surface area contributed by atoms with Crippen molar-refractivity contribution in [2.45, 2.75) is 19.8 Å². The first-order chi connectivity index (χ1) is 12.4. The van der Waals surface area contributed by atoms with Gasteiger partial charge in [0, 0.05) is 51.5 Å². The monoisotopic (exact) mass is 386 g/mol. The maximum absolute atomic E-state index is 11.0. The van der Waals surface area contributed by atoms with Crippen molar-refractivity contribution in [3.05, 3.63) is 24.3 Å². The molecule has 26 heavy (non-hydrogen) atoms. The highest BCUT2D eigenvalue weighted by Gasteiger charge is 2.02. The van der Waals surface area contributed by atoms with E-state index < -0.39 is 10.0 Å². The van der Waals surface area contributed by atoms with E-state index in [9.17, 15) is 8.42 Å². The second-order valence-corrected chi connectivity index (χ2v) is 7.46. The number of nitrogens with zero attached hydrogens (tertiary/aromatic N) is 1. The van der Waals surface area contributed by atoms with Crippen LogP contribution in [0.2, 0.25) is 0 Å². The molecule has 0 aliphatic heterocycles. The van der Waals surface area contributed by atoms with Gasteiger partial charge in [-0.3, -0.25) is 4.99 Å². The zero-order valence-corrected chi connectivity index (χ0v) is 16.6. The maximum atomic E-state index is 11.0. The highest BCUT2D eigenvalue weighted by Crippen LogP contribution is 2.17. The van der Waals surface area contributed by atoms with Crippen molar-refractivity contribution in [2.75, 3.05) is 51.5 Å². The summed E-state index contributed by atoms with van der Waals surface area (Å²) in [6.07, 6.45) is 2.60. The molecule has 0 aromatic heterocycles. The van der Waals surface area contributed by atoms with Gasteiger partial charge in [0.25, 0.3) is 0 Å². The van der Waals surface area contributed by atoms with E-state index in [4.69, 9.17) is 9.47 Å². The Balaban J connectivity index is 2.53. The summed E-state index contributed by atoms with van der Waals surface area (Å²) in [6.45, 7) is 4.85. The average Bonchev–Trinajstić information content (AvgIpc) is 2.58. The second-order valence-electron chi connectivity index (χ2n) is 5.63. The smallest absolute Gasteiger partial charge is 0.208 e. The van der Waals surface area contributed by atoms with Crippen LogP contribution in [0.4, 0.5) is 5.69 Å². The number of hydrogen-bond donors (Lipinski definition) is 3. The molecule has 0 unspecified atom stereocenters. The Bertz CT molecular complexity index is 650. The largest absolute Gasteiger partial charge is 0.493 e. The zero-order valence-electron chi connectivity index (χ0n) is 15.7. The third-order valence-electron chi connectivity index (χ3n) is 3.17. The summed E-state index contributed by atoms with van der Waals surface area (Å²) >= 11 is 0. The summed E-state index contributed by atoms with van der Waals surface area (Å²) < 4.78 is 35.2. The van der Waals surface area contributed by atoms with Gasteiger partial charge in [-0.2, -0.15) is 0 Å². The van der Waals surface area contributed by atoms with E-state index >= 15 is 0 Å². The number of ether oxygens (including phenoxy) is 2. The second kappa shape index (κ2) is 12.5. The van der Waals surface area contributed by atoms with Gasteiger partial charge >= 0.3 is 0 Å². The highest BCUT2D eigenvalue weighted by atomic mass is 32.2. The van der Waals surface area contributed by atoms with E-state index in [1.165, 1.54) is 0 Å². The van der Waals surface area contributed by atoms with Crippen molar-refractivity contribution >= 4 is 21.7 Å². The third kappa shape index (κ3) is 10.9. The molecule has 0 radical (unpaired) electrons. The van der Waals surface area contributed by atoms with Crippen LogP contribution in [0.1, 0.15) is 19.8 Å². The Morgan fingerprint density at radius 2 is 2.04 bits per heavy atom. The molecule has 0 heterocycles. The molecule has 9 heteroatoms. The lowest BCUT2D eigenvalue weighted by molar-refractivity contribution is 0.172. The predicted molar refractivity (Wildman–Crippen MR) is 105 cm³/mol. The number of sulfonamides is 1. The van der Waals surface area contributed by atoms with E-state index in [1.54, 1.807) is 7.11 Å². The minimum atomic E-state index is -3.15. The molecule has 0 amide bonds. The van der Waals surface area contributed by atoms with Crippen LogP contribution >= 0.6 is 0 Å². The van der Waals surface area contributed by atoms with Crippen molar-refractivity contribution in [2.24, 2.45) is 4.99 Å². The number of nitrogens with one attached hydrogen (secondary N) is 3. The number of guanidine groups is 1. The van der Waals surface area contributed by atoms with Crippen molar-refractivity contribution in [1.82, 2.24) is 10.0 Å². The molecule has 1 aromatic carbocycles. The van der Waals surface area contributed by atoms with Gasteiger partial charge in [-0.05, 0) is 25.5 Å². The van der Waals surface area contributed by atoms with Gasteiger partial charge in [-0.15, -0.1) is 0 Å². The van der Waals surface area contributed by atoms with Crippen LogP contribution in [0.5, 0.6) is 5.75 Å². The lowest BCUT2D eigenvalue weighted by atomic mass is 10.3. The van der Waals surface area contributed by atoms with Crippen molar-refractivity contribution < 1.29 is 17.9 Å². The van der Waals surface area contributed by atoms with Crippen LogP contribution < -0.4 is 20.1 Å². The SMILES string of the molecule is CCNC(=NCCCNS(C)(=O)=O)Nc1cccc(OCCCOC)c1. The molecule has 0 spiro atoms. The molecular formula is C17H30N4O4S. The quantitative estimate of drug-likeness (QED) is 0.285. The first kappa shape index (κ1) is 22.2. The Kier molecular flexibility index (Phi) is 10.7. The molecule has 148 valence electrons. The molecule has 8 nitrogen and oxygen atoms in total. The van der Waals surface area contributed by atoms with Gasteiger partial charge < -0.3 is 20.1 Å². The van der Waals surface area contributed by atoms with Crippen molar-refractivity contribution in [3.8, 4) is 5.75 Å².